The molecule has 130 heavy (non-hydrogen) atoms. The molecular weight excluding hydrogens is 1560 g/mol. The predicted octanol–water partition coefficient (Wildman–Crippen LogP) is 35.7. The lowest BCUT2D eigenvalue weighted by Gasteiger charge is -2.38. The van der Waals surface area contributed by atoms with Gasteiger partial charge in [0.1, 0.15) is 0 Å². The normalized spacial score (nSPS) is 15.4. The number of allylic oxidation sites excluding steroid dienone is 9. The van der Waals surface area contributed by atoms with E-state index >= 15 is 0 Å². The van der Waals surface area contributed by atoms with Crippen LogP contribution in [0.5, 0.6) is 0 Å². The van der Waals surface area contributed by atoms with Crippen molar-refractivity contribution in [1.82, 2.24) is 0 Å². The lowest BCUT2D eigenvalue weighted by atomic mass is 9.63. The monoisotopic (exact) mass is 1700 g/mol. The highest BCUT2D eigenvalue weighted by Crippen LogP contribution is 2.64. The molecule has 0 nitrogen and oxygen atoms in total. The molecule has 0 heterocycles. The van der Waals surface area contributed by atoms with E-state index in [9.17, 15) is 2.74 Å². The van der Waals surface area contributed by atoms with Crippen molar-refractivity contribution in [2.24, 2.45) is 0 Å². The molecule has 7 aliphatic carbocycles. The van der Waals surface area contributed by atoms with E-state index in [2.05, 4.69) is 372 Å². The molecule has 0 saturated carbocycles. The van der Waals surface area contributed by atoms with Crippen molar-refractivity contribution in [3.05, 3.63) is 409 Å². The van der Waals surface area contributed by atoms with E-state index in [4.69, 9.17) is 0 Å². The quantitative estimate of drug-likeness (QED) is 0.133. The molecule has 0 aliphatic heterocycles. The zero-order valence-corrected chi connectivity index (χ0v) is 84.3. The van der Waals surface area contributed by atoms with Gasteiger partial charge in [-0.05, 0) is 563 Å². The molecular formula is C130H134. The van der Waals surface area contributed by atoms with Crippen LogP contribution in [-0.2, 0) is 22.6 Å². The summed E-state index contributed by atoms with van der Waals surface area (Å²) >= 11 is 0. The van der Waals surface area contributed by atoms with Crippen LogP contribution in [0, 0.1) is 166 Å². The molecule has 0 amide bonds. The predicted molar refractivity (Wildman–Crippen MR) is 571 cm³/mol. The highest BCUT2D eigenvalue weighted by atomic mass is 14.5. The van der Waals surface area contributed by atoms with Crippen LogP contribution >= 0.6 is 0 Å². The summed E-state index contributed by atoms with van der Waals surface area (Å²) in [5, 5.41) is 13.3. The highest BCUT2D eigenvalue weighted by molar-refractivity contribution is 6.28. The molecule has 0 heteroatoms. The van der Waals surface area contributed by atoms with E-state index in [1.54, 1.807) is 0 Å². The molecule has 0 aromatic heterocycles. The zero-order chi connectivity index (χ0) is 95.0. The van der Waals surface area contributed by atoms with E-state index < -0.39 is 17.2 Å². The second kappa shape index (κ2) is 31.7. The molecule has 0 saturated heterocycles. The molecule has 15 aromatic carbocycles. The van der Waals surface area contributed by atoms with Gasteiger partial charge in [0.2, 0.25) is 0 Å². The summed E-state index contributed by atoms with van der Waals surface area (Å²) in [6.07, 6.45) is 13.3. The summed E-state index contributed by atoms with van der Waals surface area (Å²) in [4.78, 5) is 0. The van der Waals surface area contributed by atoms with Crippen LogP contribution in [0.15, 0.2) is 164 Å². The van der Waals surface area contributed by atoms with Gasteiger partial charge in [-0.1, -0.05) is 204 Å². The molecule has 15 aromatic rings. The van der Waals surface area contributed by atoms with Crippen LogP contribution < -0.4 is 0 Å². The molecule has 654 valence electrons. The standard InChI is InChI=1S/C45H42.C41H40.C40H40.2C2H6/c1-23-25(3)31(9)43-40(27(23)5)29(7)30(8)41-28(6)24(2)26(4)32(10)44(41)45(43)22-21-38-39(45)20-19-37-35-17-12-11-15-33(35)34-16-13-14-18-36(34)42(37)38;1-21-23(3)29(9)39-37(25(21)5)27(7)28(8)38-26(6)22(2)24(4)30(10)40(38)41(39)20-19-35-34-16-15-31-13-11-12-14-32(31)33(34)17-18-36(35)41;1-20-22(3)28(9)38-36(24(20)5)26(7)27(8)37-25(6)21(2)23(4)29(10)39(37)40(38)16-15-31-18-34-32(19-35(31)40)17-30-13-11-12-14-33(30)34;2*1-2/h11-22H,1-10H3;11-20H,1-10H3;11-16,18-19H,17H2,1-10H3;2*1-2H3/i;;17T2;;. The van der Waals surface area contributed by atoms with Gasteiger partial charge in [0, 0.05) is 2.74 Å². The molecule has 0 atom stereocenters. The first-order valence-electron chi connectivity index (χ1n) is 49.2. The van der Waals surface area contributed by atoms with E-state index in [0.717, 1.165) is 22.3 Å². The van der Waals surface area contributed by atoms with Crippen LogP contribution in [0.4, 0.5) is 0 Å². The second-order valence-electron chi connectivity index (χ2n) is 39.3. The Kier molecular flexibility index (Phi) is 21.0. The van der Waals surface area contributed by atoms with Gasteiger partial charge in [-0.2, -0.15) is 0 Å². The van der Waals surface area contributed by atoms with Gasteiger partial charge in [-0.25, -0.2) is 0 Å². The maximum Gasteiger partial charge on any atom is 0.0658 e. The van der Waals surface area contributed by atoms with Crippen LogP contribution in [0.2, 0.25) is 0 Å². The molecule has 7 aliphatic rings. The average molecular weight is 1700 g/mol. The van der Waals surface area contributed by atoms with Crippen molar-refractivity contribution in [3.8, 4) is 11.1 Å². The van der Waals surface area contributed by atoms with Gasteiger partial charge in [-0.15, -0.1) is 0 Å². The first kappa shape index (κ1) is 86.1. The van der Waals surface area contributed by atoms with Crippen LogP contribution in [-0.4, -0.2) is 0 Å². The number of rotatable bonds is 0. The number of hydrogen-bond acceptors (Lipinski definition) is 0. The van der Waals surface area contributed by atoms with Crippen molar-refractivity contribution in [3.63, 3.8) is 0 Å². The summed E-state index contributed by atoms with van der Waals surface area (Å²) < 4.78 is 18.7. The minimum Gasteiger partial charge on any atom is -0.0683 e. The zero-order valence-electron chi connectivity index (χ0n) is 86.3. The van der Waals surface area contributed by atoms with Crippen molar-refractivity contribution in [2.75, 3.05) is 0 Å². The van der Waals surface area contributed by atoms with E-state index in [1.807, 2.05) is 45.9 Å². The van der Waals surface area contributed by atoms with Gasteiger partial charge in [0.05, 0.1) is 16.2 Å². The Labute approximate surface area is 780 Å². The molecule has 22 rings (SSSR count). The Morgan fingerprint density at radius 1 is 0.215 bits per heavy atom. The van der Waals surface area contributed by atoms with Gasteiger partial charge < -0.3 is 0 Å². The lowest BCUT2D eigenvalue weighted by Crippen LogP contribution is -2.31. The fourth-order valence-electron chi connectivity index (χ4n) is 25.9. The molecule has 0 radical (unpaired) electrons. The van der Waals surface area contributed by atoms with Gasteiger partial charge in [-0.3, -0.25) is 0 Å². The summed E-state index contributed by atoms with van der Waals surface area (Å²) in [5.41, 5.74) is 69.3. The Balaban J connectivity index is 0.000000130. The first-order valence-corrected chi connectivity index (χ1v) is 48.2. The molecule has 0 fully saturated rings. The first-order chi connectivity index (χ1) is 62.8. The summed E-state index contributed by atoms with van der Waals surface area (Å²) in [5.74, 6) is 0. The molecule has 0 bridgehead atoms. The molecule has 0 unspecified atom stereocenters. The summed E-state index contributed by atoms with van der Waals surface area (Å²) in [7, 11) is 0. The summed E-state index contributed by atoms with van der Waals surface area (Å²) in [6, 6.07) is 53.7. The van der Waals surface area contributed by atoms with Crippen LogP contribution in [0.25, 0.3) is 117 Å². The largest absolute Gasteiger partial charge is 0.0683 e. The Morgan fingerprint density at radius 3 is 0.885 bits per heavy atom. The fourth-order valence-corrected chi connectivity index (χ4v) is 25.9. The third-order valence-corrected chi connectivity index (χ3v) is 34.8. The van der Waals surface area contributed by atoms with E-state index in [1.165, 1.54) is 321 Å². The third-order valence-electron chi connectivity index (χ3n) is 34.8. The smallest absolute Gasteiger partial charge is 0.0658 e. The average Bonchev–Trinajstić information content (AvgIpc) is 1.52. The van der Waals surface area contributed by atoms with Gasteiger partial charge in [0.25, 0.3) is 0 Å². The molecule has 0 N–H and O–H groups in total. The third kappa shape index (κ3) is 11.7. The Morgan fingerprint density at radius 2 is 0.492 bits per heavy atom. The minimum atomic E-state index is -1.55. The van der Waals surface area contributed by atoms with Crippen LogP contribution in [0.3, 0.4) is 0 Å². The minimum absolute atomic E-state index is 0.362. The Bertz CT molecular complexity index is 7680. The lowest BCUT2D eigenvalue weighted by molar-refractivity contribution is 0.764. The molecule has 3 spiro atoms. The van der Waals surface area contributed by atoms with E-state index in [0.29, 0.717) is 0 Å². The van der Waals surface area contributed by atoms with Crippen molar-refractivity contribution in [2.45, 2.75) is 258 Å². The summed E-state index contributed by atoms with van der Waals surface area (Å²) in [6.45, 7) is 78.0. The van der Waals surface area contributed by atoms with Gasteiger partial charge in [0.15, 0.2) is 0 Å². The maximum atomic E-state index is 9.33. The number of hydrogen-bond donors (Lipinski definition) is 0. The number of fused-ring (bicyclic) bond motifs is 32. The Hall–Kier alpha value is -12.0. The maximum absolute atomic E-state index is 9.33. The second-order valence-corrected chi connectivity index (χ2v) is 39.3. The van der Waals surface area contributed by atoms with Crippen molar-refractivity contribution < 1.29 is 2.74 Å². The van der Waals surface area contributed by atoms with E-state index in [-0.39, 0.29) is 5.41 Å². The van der Waals surface area contributed by atoms with Gasteiger partial charge >= 0.3 is 0 Å². The topological polar surface area (TPSA) is 0 Å². The highest BCUT2D eigenvalue weighted by Gasteiger charge is 2.52. The van der Waals surface area contributed by atoms with Crippen LogP contribution in [0.1, 0.15) is 317 Å². The van der Waals surface area contributed by atoms with Crippen molar-refractivity contribution >= 4 is 106 Å². The fraction of sp³-hybridized carbons (Fsp3) is 0.292. The number of benzene rings is 15. The van der Waals surface area contributed by atoms with Crippen molar-refractivity contribution in [1.29, 1.82) is 0 Å². The SMILES string of the molecule is CC.CC.CC1=C(C)c2c(C)c(C)c(C)c(C)c2C2(C=Cc3c2ccc2c3ccc3ccccc32)c2c(C)c(C)c(C)c(C)c21.CC1=C(C)c2c(C)c(C)c(C)c(C)c2C2(C=Cc3c2ccc2c4ccccc4c4ccccc4c32)c2c(C)c(C)c(C)c(C)c21.[3H]C1([3H])c2ccccc2-c2cc3c(cc21)C1(C=C3)c2c(C)c(C)c(C)c(C)c2C(C)=C(C)c2c(C)c(C)c(C)c(C)c21.